The largest absolute Gasteiger partial charge is 0.395 e. The number of aliphatic hydroxyl groups excluding tert-OH is 1. The van der Waals surface area contributed by atoms with Crippen LogP contribution in [0.1, 0.15) is 36.3 Å². The van der Waals surface area contributed by atoms with E-state index in [0.717, 1.165) is 0 Å². The number of aliphatic hydroxyl groups is 1. The molecule has 2 rings (SSSR count). The van der Waals surface area contributed by atoms with Gasteiger partial charge in [-0.3, -0.25) is 4.79 Å². The van der Waals surface area contributed by atoms with E-state index >= 15 is 0 Å². The zero-order valence-corrected chi connectivity index (χ0v) is 12.4. The maximum Gasteiger partial charge on any atom is 0.273 e. The molecule has 0 radical (unpaired) electrons. The Hall–Kier alpha value is -1.90. The fourth-order valence-corrected chi connectivity index (χ4v) is 2.23. The van der Waals surface area contributed by atoms with Gasteiger partial charge in [-0.05, 0) is 26.0 Å². The minimum Gasteiger partial charge on any atom is -0.395 e. The van der Waals surface area contributed by atoms with Gasteiger partial charge in [-0.15, -0.1) is 0 Å². The highest BCUT2D eigenvalue weighted by molar-refractivity contribution is 5.94. The van der Waals surface area contributed by atoms with Crippen molar-refractivity contribution in [2.24, 2.45) is 0 Å². The Labute approximate surface area is 124 Å². The lowest BCUT2D eigenvalue weighted by atomic mass is 10.1. The number of aromatic nitrogens is 1. The van der Waals surface area contributed by atoms with Crippen LogP contribution in [0.2, 0.25) is 0 Å². The summed E-state index contributed by atoms with van der Waals surface area (Å²) in [6.45, 7) is 5.55. The predicted molar refractivity (Wildman–Crippen MR) is 78.8 cm³/mol. The van der Waals surface area contributed by atoms with E-state index in [2.05, 4.69) is 16.8 Å². The first-order valence-corrected chi connectivity index (χ1v) is 7.01. The van der Waals surface area contributed by atoms with Gasteiger partial charge in [0.1, 0.15) is 5.69 Å². The van der Waals surface area contributed by atoms with Crippen LogP contribution in [-0.2, 0) is 4.74 Å². The number of morpholine rings is 1. The summed E-state index contributed by atoms with van der Waals surface area (Å²) >= 11 is 0. The third-order valence-electron chi connectivity index (χ3n) is 3.18. The van der Waals surface area contributed by atoms with E-state index in [1.165, 1.54) is 0 Å². The quantitative estimate of drug-likeness (QED) is 0.827. The molecule has 1 aromatic rings. The van der Waals surface area contributed by atoms with E-state index in [4.69, 9.17) is 9.84 Å². The van der Waals surface area contributed by atoms with Crippen molar-refractivity contribution in [2.45, 2.75) is 25.9 Å². The van der Waals surface area contributed by atoms with Crippen molar-refractivity contribution in [3.05, 3.63) is 29.6 Å². The van der Waals surface area contributed by atoms with Gasteiger partial charge in [-0.2, -0.15) is 0 Å². The molecular weight excluding hydrogens is 268 g/mol. The molecule has 0 unspecified atom stereocenters. The van der Waals surface area contributed by atoms with E-state index in [-0.39, 0.29) is 18.1 Å². The smallest absolute Gasteiger partial charge is 0.273 e. The molecule has 5 nitrogen and oxygen atoms in total. The van der Waals surface area contributed by atoms with Crippen LogP contribution in [0.4, 0.5) is 0 Å². The molecule has 1 amide bonds. The minimum atomic E-state index is -0.342. The molecule has 0 spiro atoms. The summed E-state index contributed by atoms with van der Waals surface area (Å²) in [7, 11) is 0. The van der Waals surface area contributed by atoms with Crippen molar-refractivity contribution in [3.63, 3.8) is 0 Å². The van der Waals surface area contributed by atoms with Gasteiger partial charge in [-0.1, -0.05) is 11.8 Å². The lowest BCUT2D eigenvalue weighted by molar-refractivity contribution is -0.0765. The summed E-state index contributed by atoms with van der Waals surface area (Å²) < 4.78 is 5.62. The summed E-state index contributed by atoms with van der Waals surface area (Å²) in [5, 5.41) is 8.78. The minimum absolute atomic E-state index is 0.00813. The number of amides is 1. The fourth-order valence-electron chi connectivity index (χ4n) is 2.23. The molecule has 1 aliphatic rings. The van der Waals surface area contributed by atoms with E-state index in [9.17, 15) is 4.79 Å². The van der Waals surface area contributed by atoms with E-state index in [1.807, 2.05) is 13.8 Å². The highest BCUT2D eigenvalue weighted by atomic mass is 16.5. The van der Waals surface area contributed by atoms with E-state index < -0.39 is 0 Å². The van der Waals surface area contributed by atoms with Gasteiger partial charge in [0.05, 0.1) is 24.4 Å². The normalized spacial score (nSPS) is 17.0. The second kappa shape index (κ2) is 6.70. The highest BCUT2D eigenvalue weighted by Gasteiger charge is 2.31. The molecule has 0 saturated carbocycles. The Bertz CT molecular complexity index is 572. The van der Waals surface area contributed by atoms with Crippen LogP contribution >= 0.6 is 0 Å². The van der Waals surface area contributed by atoms with Crippen molar-refractivity contribution < 1.29 is 14.6 Å². The molecule has 21 heavy (non-hydrogen) atoms. The Morgan fingerprint density at radius 1 is 1.57 bits per heavy atom. The predicted octanol–water partition coefficient (Wildman–Crippen LogP) is 1.07. The number of hydrogen-bond acceptors (Lipinski definition) is 4. The molecule has 0 bridgehead atoms. The number of hydrogen-bond donors (Lipinski definition) is 1. The van der Waals surface area contributed by atoms with Crippen LogP contribution in [0.5, 0.6) is 0 Å². The average molecular weight is 288 g/mol. The van der Waals surface area contributed by atoms with Crippen molar-refractivity contribution in [1.82, 2.24) is 9.88 Å². The van der Waals surface area contributed by atoms with Crippen molar-refractivity contribution in [1.29, 1.82) is 0 Å². The summed E-state index contributed by atoms with van der Waals surface area (Å²) in [6, 6.07) is 3.53. The number of carbonyl (C=O) groups excluding carboxylic acids is 1. The van der Waals surface area contributed by atoms with Gasteiger partial charge < -0.3 is 14.7 Å². The molecular formula is C16H20N2O3. The second-order valence-electron chi connectivity index (χ2n) is 5.51. The van der Waals surface area contributed by atoms with Crippen LogP contribution in [0.25, 0.3) is 0 Å². The third-order valence-corrected chi connectivity index (χ3v) is 3.18. The molecule has 112 valence electrons. The summed E-state index contributed by atoms with van der Waals surface area (Å²) in [6.07, 6.45) is 1.98. The third kappa shape index (κ3) is 4.03. The van der Waals surface area contributed by atoms with E-state index in [0.29, 0.717) is 37.4 Å². The van der Waals surface area contributed by atoms with Crippen molar-refractivity contribution in [3.8, 4) is 11.8 Å². The van der Waals surface area contributed by atoms with Gasteiger partial charge in [0.25, 0.3) is 5.91 Å². The SMILES string of the molecule is CC1(C)CN(C(=O)c2ncccc2C#CCCO)CCO1. The first-order valence-electron chi connectivity index (χ1n) is 7.01. The lowest BCUT2D eigenvalue weighted by Crippen LogP contribution is -2.50. The highest BCUT2D eigenvalue weighted by Crippen LogP contribution is 2.18. The maximum absolute atomic E-state index is 12.6. The molecule has 1 aliphatic heterocycles. The molecule has 0 aromatic carbocycles. The Morgan fingerprint density at radius 3 is 3.10 bits per heavy atom. The molecule has 5 heteroatoms. The number of rotatable bonds is 2. The molecule has 1 N–H and O–H groups in total. The summed E-state index contributed by atoms with van der Waals surface area (Å²) in [4.78, 5) is 18.6. The van der Waals surface area contributed by atoms with Gasteiger partial charge in [0, 0.05) is 25.7 Å². The Morgan fingerprint density at radius 2 is 2.38 bits per heavy atom. The van der Waals surface area contributed by atoms with Crippen LogP contribution in [0.15, 0.2) is 18.3 Å². The first kappa shape index (κ1) is 15.5. The van der Waals surface area contributed by atoms with E-state index in [1.54, 1.807) is 23.2 Å². The number of carbonyl (C=O) groups is 1. The second-order valence-corrected chi connectivity index (χ2v) is 5.51. The molecule has 1 saturated heterocycles. The fraction of sp³-hybridized carbons (Fsp3) is 0.500. The number of pyridine rings is 1. The standard InChI is InChI=1S/C16H20N2O3/c1-16(2)12-18(9-11-21-16)15(20)14-13(6-3-4-10-19)7-5-8-17-14/h5,7-8,19H,4,9-12H2,1-2H3. The van der Waals surface area contributed by atoms with Gasteiger partial charge in [0.15, 0.2) is 0 Å². The van der Waals surface area contributed by atoms with Crippen molar-refractivity contribution in [2.75, 3.05) is 26.3 Å². The first-order chi connectivity index (χ1) is 10.0. The van der Waals surface area contributed by atoms with Crippen molar-refractivity contribution >= 4 is 5.91 Å². The maximum atomic E-state index is 12.6. The van der Waals surface area contributed by atoms with Gasteiger partial charge >= 0.3 is 0 Å². The Kier molecular flexibility index (Phi) is 4.94. The van der Waals surface area contributed by atoms with Gasteiger partial charge in [0.2, 0.25) is 0 Å². The summed E-state index contributed by atoms with van der Waals surface area (Å²) in [5.41, 5.74) is 0.617. The topological polar surface area (TPSA) is 62.7 Å². The lowest BCUT2D eigenvalue weighted by Gasteiger charge is -2.38. The molecule has 0 atom stereocenters. The zero-order chi connectivity index (χ0) is 15.3. The molecule has 2 heterocycles. The summed E-state index contributed by atoms with van der Waals surface area (Å²) in [5.74, 6) is 5.61. The van der Waals surface area contributed by atoms with Crippen LogP contribution in [-0.4, -0.2) is 52.8 Å². The molecule has 1 aromatic heterocycles. The monoisotopic (exact) mass is 288 g/mol. The molecule has 1 fully saturated rings. The van der Waals surface area contributed by atoms with Crippen LogP contribution < -0.4 is 0 Å². The van der Waals surface area contributed by atoms with Crippen LogP contribution in [0.3, 0.4) is 0 Å². The van der Waals surface area contributed by atoms with Crippen LogP contribution in [0, 0.1) is 11.8 Å². The zero-order valence-electron chi connectivity index (χ0n) is 12.4. The average Bonchev–Trinajstić information content (AvgIpc) is 2.46. The van der Waals surface area contributed by atoms with Gasteiger partial charge in [-0.25, -0.2) is 4.98 Å². The number of ether oxygens (including phenoxy) is 1. The molecule has 0 aliphatic carbocycles. The Balaban J connectivity index is 2.21. The number of nitrogens with zero attached hydrogens (tertiary/aromatic N) is 2.